The number of nitrogens with zero attached hydrogens (tertiary/aromatic N) is 1. The van der Waals surface area contributed by atoms with Crippen molar-refractivity contribution >= 4 is 17.2 Å². The maximum Gasteiger partial charge on any atom is 0.401 e. The van der Waals surface area contributed by atoms with E-state index in [1.165, 1.54) is 11.3 Å². The minimum Gasteiger partial charge on any atom is -0.364 e. The molecule has 0 atom stereocenters. The summed E-state index contributed by atoms with van der Waals surface area (Å²) in [7, 11) is 0. The molecular weight excluding hydrogens is 291 g/mol. The van der Waals surface area contributed by atoms with Gasteiger partial charge in [0, 0.05) is 17.3 Å². The second kappa shape index (κ2) is 6.09. The van der Waals surface area contributed by atoms with Crippen LogP contribution in [0.3, 0.4) is 0 Å². The van der Waals surface area contributed by atoms with Crippen molar-refractivity contribution in [2.45, 2.75) is 43.8 Å². The molecule has 1 saturated carbocycles. The summed E-state index contributed by atoms with van der Waals surface area (Å²) in [6, 6.07) is -0.0953. The standard InChI is InChI=1S/C12H16F3N3OS/c13-12(14,15)6-17-8-3-1-7(2-4-8)9-5-20-11(18-9)10(16)19/h5,7-8,17H,1-4,6H2,(H2,16,19). The molecule has 112 valence electrons. The molecule has 1 heterocycles. The predicted molar refractivity (Wildman–Crippen MR) is 69.7 cm³/mol. The van der Waals surface area contributed by atoms with E-state index >= 15 is 0 Å². The number of hydrogen-bond acceptors (Lipinski definition) is 4. The highest BCUT2D eigenvalue weighted by Crippen LogP contribution is 2.33. The van der Waals surface area contributed by atoms with Crippen LogP contribution in [0.5, 0.6) is 0 Å². The van der Waals surface area contributed by atoms with Gasteiger partial charge in [0.15, 0.2) is 5.01 Å². The number of nitrogens with one attached hydrogen (secondary N) is 1. The van der Waals surface area contributed by atoms with Gasteiger partial charge in [0.05, 0.1) is 12.2 Å². The average Bonchev–Trinajstić information content (AvgIpc) is 2.86. The molecule has 0 radical (unpaired) electrons. The number of hydrogen-bond donors (Lipinski definition) is 2. The Balaban J connectivity index is 1.83. The van der Waals surface area contributed by atoms with Crippen molar-refractivity contribution in [3.63, 3.8) is 0 Å². The third kappa shape index (κ3) is 4.17. The van der Waals surface area contributed by atoms with Crippen molar-refractivity contribution in [3.05, 3.63) is 16.1 Å². The van der Waals surface area contributed by atoms with Crippen molar-refractivity contribution in [2.75, 3.05) is 6.54 Å². The molecule has 8 heteroatoms. The van der Waals surface area contributed by atoms with Gasteiger partial charge in [0.1, 0.15) is 0 Å². The lowest BCUT2D eigenvalue weighted by molar-refractivity contribution is -0.126. The Bertz CT molecular complexity index is 467. The van der Waals surface area contributed by atoms with E-state index in [0.717, 1.165) is 18.5 Å². The van der Waals surface area contributed by atoms with Crippen LogP contribution in [0.1, 0.15) is 47.1 Å². The van der Waals surface area contributed by atoms with Crippen LogP contribution in [0, 0.1) is 0 Å². The summed E-state index contributed by atoms with van der Waals surface area (Å²) in [6.07, 6.45) is -1.24. The lowest BCUT2D eigenvalue weighted by Gasteiger charge is -2.28. The minimum absolute atomic E-state index is 0.0953. The van der Waals surface area contributed by atoms with Crippen LogP contribution in [0.15, 0.2) is 5.38 Å². The fourth-order valence-electron chi connectivity index (χ4n) is 2.44. The third-order valence-electron chi connectivity index (χ3n) is 3.47. The number of primary amides is 1. The van der Waals surface area contributed by atoms with E-state index in [9.17, 15) is 18.0 Å². The number of amides is 1. The molecule has 0 unspecified atom stereocenters. The minimum atomic E-state index is -4.16. The first kappa shape index (κ1) is 15.2. The molecule has 1 aromatic rings. The van der Waals surface area contributed by atoms with Gasteiger partial charge >= 0.3 is 6.18 Å². The third-order valence-corrected chi connectivity index (χ3v) is 4.34. The molecule has 0 aromatic carbocycles. The van der Waals surface area contributed by atoms with Gasteiger partial charge in [-0.3, -0.25) is 4.79 Å². The lowest BCUT2D eigenvalue weighted by Crippen LogP contribution is -2.39. The summed E-state index contributed by atoms with van der Waals surface area (Å²) >= 11 is 1.22. The summed E-state index contributed by atoms with van der Waals surface area (Å²) in [5.41, 5.74) is 5.98. The quantitative estimate of drug-likeness (QED) is 0.897. The van der Waals surface area contributed by atoms with Crippen molar-refractivity contribution < 1.29 is 18.0 Å². The van der Waals surface area contributed by atoms with Crippen molar-refractivity contribution in [1.29, 1.82) is 0 Å². The summed E-state index contributed by atoms with van der Waals surface area (Å²) in [5.74, 6) is -0.329. The molecule has 4 nitrogen and oxygen atoms in total. The van der Waals surface area contributed by atoms with E-state index in [0.29, 0.717) is 12.8 Å². The van der Waals surface area contributed by atoms with Crippen LogP contribution in [-0.4, -0.2) is 29.7 Å². The highest BCUT2D eigenvalue weighted by atomic mass is 32.1. The van der Waals surface area contributed by atoms with Gasteiger partial charge in [-0.05, 0) is 25.7 Å². The average molecular weight is 307 g/mol. The SMILES string of the molecule is NC(=O)c1nc(C2CCC(NCC(F)(F)F)CC2)cs1. The molecule has 0 aliphatic heterocycles. The van der Waals surface area contributed by atoms with E-state index in [2.05, 4.69) is 10.3 Å². The van der Waals surface area contributed by atoms with Gasteiger partial charge in [0.25, 0.3) is 5.91 Å². The molecule has 0 saturated heterocycles. The number of aromatic nitrogens is 1. The van der Waals surface area contributed by atoms with E-state index < -0.39 is 18.6 Å². The Morgan fingerprint density at radius 3 is 2.55 bits per heavy atom. The Morgan fingerprint density at radius 1 is 1.40 bits per heavy atom. The van der Waals surface area contributed by atoms with Gasteiger partial charge in [-0.25, -0.2) is 4.98 Å². The zero-order valence-electron chi connectivity index (χ0n) is 10.7. The number of carbonyl (C=O) groups is 1. The van der Waals surface area contributed by atoms with Crippen LogP contribution < -0.4 is 11.1 Å². The van der Waals surface area contributed by atoms with Crippen molar-refractivity contribution in [1.82, 2.24) is 10.3 Å². The predicted octanol–water partition coefficient (Wildman–Crippen LogP) is 2.42. The second-order valence-electron chi connectivity index (χ2n) is 4.99. The van der Waals surface area contributed by atoms with Gasteiger partial charge in [-0.1, -0.05) is 0 Å². The maximum absolute atomic E-state index is 12.1. The van der Waals surface area contributed by atoms with Gasteiger partial charge in [-0.2, -0.15) is 13.2 Å². The number of rotatable bonds is 4. The number of alkyl halides is 3. The molecule has 1 aliphatic carbocycles. The second-order valence-corrected chi connectivity index (χ2v) is 5.84. The zero-order valence-corrected chi connectivity index (χ0v) is 11.6. The van der Waals surface area contributed by atoms with Gasteiger partial charge < -0.3 is 11.1 Å². The van der Waals surface area contributed by atoms with E-state index in [-0.39, 0.29) is 17.0 Å². The Morgan fingerprint density at radius 2 is 2.05 bits per heavy atom. The number of thiazole rings is 1. The molecule has 1 aromatic heterocycles. The summed E-state index contributed by atoms with van der Waals surface area (Å²) < 4.78 is 36.3. The molecule has 3 N–H and O–H groups in total. The van der Waals surface area contributed by atoms with Gasteiger partial charge in [-0.15, -0.1) is 11.3 Å². The van der Waals surface area contributed by atoms with Crippen molar-refractivity contribution in [3.8, 4) is 0 Å². The summed E-state index contributed by atoms with van der Waals surface area (Å²) in [4.78, 5) is 15.2. The highest BCUT2D eigenvalue weighted by molar-refractivity contribution is 7.11. The molecular formula is C12H16F3N3OS. The molecule has 0 bridgehead atoms. The molecule has 1 aliphatic rings. The first-order valence-corrected chi connectivity index (χ1v) is 7.28. The molecule has 20 heavy (non-hydrogen) atoms. The molecule has 1 fully saturated rings. The molecule has 2 rings (SSSR count). The van der Waals surface area contributed by atoms with Crippen LogP contribution in [-0.2, 0) is 0 Å². The highest BCUT2D eigenvalue weighted by Gasteiger charge is 2.30. The summed E-state index contributed by atoms with van der Waals surface area (Å²) in [5, 5.41) is 4.64. The smallest absolute Gasteiger partial charge is 0.364 e. The topological polar surface area (TPSA) is 68.0 Å². The molecule has 1 amide bonds. The molecule has 0 spiro atoms. The normalized spacial score (nSPS) is 23.8. The first-order chi connectivity index (χ1) is 9.35. The fraction of sp³-hybridized carbons (Fsp3) is 0.667. The first-order valence-electron chi connectivity index (χ1n) is 6.40. The summed E-state index contributed by atoms with van der Waals surface area (Å²) in [6.45, 7) is -0.940. The van der Waals surface area contributed by atoms with Crippen LogP contribution >= 0.6 is 11.3 Å². The lowest BCUT2D eigenvalue weighted by atomic mass is 9.84. The zero-order chi connectivity index (χ0) is 14.8. The van der Waals surface area contributed by atoms with Gasteiger partial charge in [0.2, 0.25) is 0 Å². The Hall–Kier alpha value is -1.15. The van der Waals surface area contributed by atoms with Crippen molar-refractivity contribution in [2.24, 2.45) is 5.73 Å². The largest absolute Gasteiger partial charge is 0.401 e. The van der Waals surface area contributed by atoms with E-state index in [4.69, 9.17) is 5.73 Å². The van der Waals surface area contributed by atoms with Crippen LogP contribution in [0.2, 0.25) is 0 Å². The van der Waals surface area contributed by atoms with E-state index in [1.54, 1.807) is 0 Å². The monoisotopic (exact) mass is 307 g/mol. The van der Waals surface area contributed by atoms with Crippen LogP contribution in [0.4, 0.5) is 13.2 Å². The van der Waals surface area contributed by atoms with E-state index in [1.807, 2.05) is 5.38 Å². The maximum atomic E-state index is 12.1. The Kier molecular flexibility index (Phi) is 4.64. The fourth-order valence-corrected chi connectivity index (χ4v) is 3.19. The number of nitrogens with two attached hydrogens (primary N) is 1. The number of carbonyl (C=O) groups excluding carboxylic acids is 1. The van der Waals surface area contributed by atoms with Crippen LogP contribution in [0.25, 0.3) is 0 Å². The Labute approximate surface area is 118 Å². The number of halogens is 3.